The minimum absolute atomic E-state index is 0.140. The van der Waals surface area contributed by atoms with E-state index >= 15 is 0 Å². The Morgan fingerprint density at radius 2 is 1.71 bits per heavy atom. The van der Waals surface area contributed by atoms with Gasteiger partial charge in [0.25, 0.3) is 0 Å². The standard InChI is InChI=1S/C30H26O2.C2H6/c1-20-13-15-25-28(17-20)32-27-16-14-23(30(2,3)22-10-5-4-6-11-22)18-26(27)29(25)24-12-8-7-9-21(24)19-31;1-2/h5,7-19H,1,4,6H2,2-3H3;1-2H3. The van der Waals surface area contributed by atoms with Gasteiger partial charge in [-0.3, -0.25) is 4.79 Å². The molecule has 1 aliphatic heterocycles. The van der Waals surface area contributed by atoms with Crippen molar-refractivity contribution in [3.8, 4) is 11.5 Å². The maximum atomic E-state index is 11.9. The van der Waals surface area contributed by atoms with E-state index in [4.69, 9.17) is 4.74 Å². The molecular formula is C32H32O2. The summed E-state index contributed by atoms with van der Waals surface area (Å²) in [6, 6.07) is 20.2. The molecule has 2 aliphatic rings. The van der Waals surface area contributed by atoms with Crippen LogP contribution in [0.15, 0.2) is 84.5 Å². The maximum Gasteiger partial charge on any atom is 0.150 e. The van der Waals surface area contributed by atoms with Crippen LogP contribution in [0.4, 0.5) is 0 Å². The van der Waals surface area contributed by atoms with Crippen molar-refractivity contribution in [2.45, 2.75) is 46.0 Å². The lowest BCUT2D eigenvalue weighted by atomic mass is 9.74. The number of hydrogen-bond donors (Lipinski definition) is 0. The van der Waals surface area contributed by atoms with Crippen LogP contribution in [0, 0.1) is 0 Å². The van der Waals surface area contributed by atoms with Gasteiger partial charge in [-0.1, -0.05) is 95.0 Å². The van der Waals surface area contributed by atoms with Gasteiger partial charge in [0, 0.05) is 27.3 Å². The average Bonchev–Trinajstić information content (AvgIpc) is 2.88. The molecule has 0 atom stereocenters. The molecule has 34 heavy (non-hydrogen) atoms. The van der Waals surface area contributed by atoms with E-state index in [2.05, 4.69) is 56.9 Å². The van der Waals surface area contributed by atoms with E-state index in [1.165, 1.54) is 11.1 Å². The Kier molecular flexibility index (Phi) is 6.70. The zero-order valence-electron chi connectivity index (χ0n) is 20.5. The summed E-state index contributed by atoms with van der Waals surface area (Å²) in [6.07, 6.45) is 9.95. The van der Waals surface area contributed by atoms with Crippen LogP contribution in [0.3, 0.4) is 0 Å². The fraction of sp³-hybridized carbons (Fsp3) is 0.219. The van der Waals surface area contributed by atoms with E-state index < -0.39 is 0 Å². The SMILES string of the molecule is C=c1ccc2c(c1)Oc1ccc(C(C)(C)C3=CCCC=C3)cc1C=2c1ccccc1C=O.CC. The smallest absolute Gasteiger partial charge is 0.150 e. The van der Waals surface area contributed by atoms with Crippen LogP contribution >= 0.6 is 0 Å². The molecule has 2 heteroatoms. The van der Waals surface area contributed by atoms with Crippen LogP contribution in [-0.4, -0.2) is 6.29 Å². The monoisotopic (exact) mass is 448 g/mol. The van der Waals surface area contributed by atoms with E-state index in [1.807, 2.05) is 56.3 Å². The Bertz CT molecular complexity index is 1400. The number of allylic oxidation sites excluding steroid dienone is 4. The van der Waals surface area contributed by atoms with Crippen molar-refractivity contribution in [2.24, 2.45) is 0 Å². The Balaban J connectivity index is 0.00000133. The fourth-order valence-corrected chi connectivity index (χ4v) is 4.69. The molecule has 3 aromatic carbocycles. The minimum Gasteiger partial charge on any atom is -0.456 e. The number of fused-ring (bicyclic) bond motifs is 2. The van der Waals surface area contributed by atoms with Crippen LogP contribution in [-0.2, 0) is 5.41 Å². The molecule has 1 aliphatic carbocycles. The number of ether oxygens (including phenoxy) is 1. The van der Waals surface area contributed by atoms with Crippen molar-refractivity contribution in [3.63, 3.8) is 0 Å². The summed E-state index contributed by atoms with van der Waals surface area (Å²) in [4.78, 5) is 11.9. The van der Waals surface area contributed by atoms with Gasteiger partial charge in [-0.15, -0.1) is 0 Å². The summed E-state index contributed by atoms with van der Waals surface area (Å²) >= 11 is 0. The van der Waals surface area contributed by atoms with Gasteiger partial charge < -0.3 is 4.74 Å². The number of carbonyl (C=O) groups excluding carboxylic acids is 1. The Labute approximate surface area is 202 Å². The molecule has 0 N–H and O–H groups in total. The van der Waals surface area contributed by atoms with Crippen molar-refractivity contribution in [1.29, 1.82) is 0 Å². The third-order valence-corrected chi connectivity index (χ3v) is 6.58. The predicted octanol–water partition coefficient (Wildman–Crippen LogP) is 6.84. The lowest BCUT2D eigenvalue weighted by Crippen LogP contribution is -2.23. The van der Waals surface area contributed by atoms with Gasteiger partial charge in [0.05, 0.1) is 0 Å². The molecule has 0 unspecified atom stereocenters. The summed E-state index contributed by atoms with van der Waals surface area (Å²) in [5.74, 6) is 1.57. The molecule has 0 saturated heterocycles. The Hall–Kier alpha value is -3.65. The minimum atomic E-state index is -0.140. The normalized spacial score (nSPS) is 14.1. The molecule has 0 spiro atoms. The lowest BCUT2D eigenvalue weighted by molar-refractivity contribution is 0.112. The molecule has 0 fully saturated rings. The molecule has 3 aromatic rings. The molecule has 5 rings (SSSR count). The summed E-state index contributed by atoms with van der Waals surface area (Å²) in [5, 5.41) is 1.87. The molecule has 1 heterocycles. The highest BCUT2D eigenvalue weighted by Crippen LogP contribution is 2.41. The van der Waals surface area contributed by atoms with Gasteiger partial charge >= 0.3 is 0 Å². The molecule has 0 saturated carbocycles. The third kappa shape index (κ3) is 4.17. The lowest BCUT2D eigenvalue weighted by Gasteiger charge is -2.30. The molecule has 0 radical (unpaired) electrons. The molecule has 0 amide bonds. The van der Waals surface area contributed by atoms with Crippen LogP contribution in [0.2, 0.25) is 0 Å². The van der Waals surface area contributed by atoms with Crippen molar-refractivity contribution in [1.82, 2.24) is 0 Å². The van der Waals surface area contributed by atoms with Crippen LogP contribution in [0.1, 0.15) is 67.6 Å². The fourth-order valence-electron chi connectivity index (χ4n) is 4.69. The van der Waals surface area contributed by atoms with Crippen LogP contribution in [0.5, 0.6) is 11.5 Å². The second kappa shape index (κ2) is 9.69. The van der Waals surface area contributed by atoms with Crippen molar-refractivity contribution in [3.05, 3.63) is 117 Å². The zero-order chi connectivity index (χ0) is 24.3. The van der Waals surface area contributed by atoms with Crippen molar-refractivity contribution >= 4 is 18.4 Å². The number of benzene rings is 3. The highest BCUT2D eigenvalue weighted by Gasteiger charge is 2.28. The highest BCUT2D eigenvalue weighted by molar-refractivity contribution is 5.93. The first-order valence-electron chi connectivity index (χ1n) is 12.1. The van der Waals surface area contributed by atoms with Gasteiger partial charge in [-0.2, -0.15) is 0 Å². The predicted molar refractivity (Wildman–Crippen MR) is 142 cm³/mol. The summed E-state index contributed by atoms with van der Waals surface area (Å²) in [6.45, 7) is 12.6. The first kappa shape index (κ1) is 23.5. The quantitative estimate of drug-likeness (QED) is 0.319. The first-order valence-corrected chi connectivity index (χ1v) is 12.1. The zero-order valence-corrected chi connectivity index (χ0v) is 20.5. The van der Waals surface area contributed by atoms with E-state index in [9.17, 15) is 4.79 Å². The Morgan fingerprint density at radius 3 is 2.44 bits per heavy atom. The Morgan fingerprint density at radius 1 is 0.912 bits per heavy atom. The topological polar surface area (TPSA) is 26.3 Å². The second-order valence-corrected chi connectivity index (χ2v) is 8.99. The van der Waals surface area contributed by atoms with Gasteiger partial charge in [0.2, 0.25) is 0 Å². The highest BCUT2D eigenvalue weighted by atomic mass is 16.5. The summed E-state index contributed by atoms with van der Waals surface area (Å²) in [7, 11) is 0. The summed E-state index contributed by atoms with van der Waals surface area (Å²) < 4.78 is 6.32. The number of aldehydes is 1. The van der Waals surface area contributed by atoms with Gasteiger partial charge in [0.1, 0.15) is 11.5 Å². The maximum absolute atomic E-state index is 11.9. The van der Waals surface area contributed by atoms with E-state index in [1.54, 1.807) is 0 Å². The molecule has 0 bridgehead atoms. The van der Waals surface area contributed by atoms with Gasteiger partial charge in [0.15, 0.2) is 6.29 Å². The third-order valence-electron chi connectivity index (χ3n) is 6.58. The van der Waals surface area contributed by atoms with Crippen molar-refractivity contribution in [2.75, 3.05) is 0 Å². The van der Waals surface area contributed by atoms with E-state index in [-0.39, 0.29) is 5.41 Å². The van der Waals surface area contributed by atoms with Crippen molar-refractivity contribution < 1.29 is 9.53 Å². The molecule has 172 valence electrons. The largest absolute Gasteiger partial charge is 0.456 e. The number of hydrogen-bond acceptors (Lipinski definition) is 2. The van der Waals surface area contributed by atoms with E-state index in [0.717, 1.165) is 57.8 Å². The van der Waals surface area contributed by atoms with Crippen LogP contribution in [0.25, 0.3) is 12.2 Å². The second-order valence-electron chi connectivity index (χ2n) is 8.99. The molecular weight excluding hydrogens is 416 g/mol. The van der Waals surface area contributed by atoms with E-state index in [0.29, 0.717) is 5.56 Å². The average molecular weight is 449 g/mol. The van der Waals surface area contributed by atoms with Crippen LogP contribution < -0.4 is 15.2 Å². The summed E-state index contributed by atoms with van der Waals surface area (Å²) in [5.41, 5.74) is 6.02. The van der Waals surface area contributed by atoms with Gasteiger partial charge in [-0.05, 0) is 53.0 Å². The number of rotatable bonds is 4. The number of carbonyl (C=O) groups is 1. The molecule has 0 aromatic heterocycles. The molecule has 2 nitrogen and oxygen atoms in total. The van der Waals surface area contributed by atoms with Gasteiger partial charge in [-0.25, -0.2) is 0 Å². The first-order chi connectivity index (χ1) is 16.5.